The molecule has 2 amide bonds. The molecule has 0 saturated carbocycles. The molecule has 0 unspecified atom stereocenters. The first kappa shape index (κ1) is 20.2. The Morgan fingerprint density at radius 2 is 1.74 bits per heavy atom. The largest absolute Gasteiger partial charge is 0.351 e. The number of rotatable bonds is 5. The third-order valence-electron chi connectivity index (χ3n) is 5.60. The Labute approximate surface area is 167 Å². The van der Waals surface area contributed by atoms with Crippen molar-refractivity contribution in [1.82, 2.24) is 15.1 Å². The second kappa shape index (κ2) is 10.1. The second-order valence-corrected chi connectivity index (χ2v) is 8.13. The predicted octanol–water partition coefficient (Wildman–Crippen LogP) is 3.07. The van der Waals surface area contributed by atoms with Crippen LogP contribution in [0.1, 0.15) is 44.1 Å². The number of nitrogens with one attached hydrogen (secondary N) is 1. The molecule has 5 nitrogen and oxygen atoms in total. The van der Waals surface area contributed by atoms with Crippen LogP contribution in [0.3, 0.4) is 0 Å². The van der Waals surface area contributed by atoms with Gasteiger partial charge < -0.3 is 10.2 Å². The van der Waals surface area contributed by atoms with E-state index in [1.54, 1.807) is 0 Å². The van der Waals surface area contributed by atoms with Crippen LogP contribution < -0.4 is 5.32 Å². The third-order valence-corrected chi connectivity index (χ3v) is 5.84. The second-order valence-electron chi connectivity index (χ2n) is 7.70. The SMILES string of the molecule is O=C(CN1CCC(C(=O)N2CCCCCC2)CC1)NCc1cccc(Cl)c1. The summed E-state index contributed by atoms with van der Waals surface area (Å²) in [6.07, 6.45) is 6.47. The minimum absolute atomic E-state index is 0.0206. The number of carbonyl (C=O) groups excluding carboxylic acids is 2. The van der Waals surface area contributed by atoms with Gasteiger partial charge in [0.15, 0.2) is 0 Å². The first-order valence-corrected chi connectivity index (χ1v) is 10.5. The molecule has 0 aromatic heterocycles. The van der Waals surface area contributed by atoms with Gasteiger partial charge in [0.1, 0.15) is 0 Å². The summed E-state index contributed by atoms with van der Waals surface area (Å²) < 4.78 is 0. The average Bonchev–Trinajstić information content (AvgIpc) is 2.96. The third kappa shape index (κ3) is 6.22. The van der Waals surface area contributed by atoms with E-state index in [1.807, 2.05) is 24.3 Å². The molecule has 0 bridgehead atoms. The van der Waals surface area contributed by atoms with Crippen molar-refractivity contribution in [3.8, 4) is 0 Å². The number of nitrogens with zero attached hydrogens (tertiary/aromatic N) is 2. The summed E-state index contributed by atoms with van der Waals surface area (Å²) in [5.41, 5.74) is 0.998. The van der Waals surface area contributed by atoms with Gasteiger partial charge in [-0.05, 0) is 56.5 Å². The van der Waals surface area contributed by atoms with Crippen LogP contribution in [0.25, 0.3) is 0 Å². The Morgan fingerprint density at radius 3 is 2.41 bits per heavy atom. The normalized spacial score (nSPS) is 19.5. The lowest BCUT2D eigenvalue weighted by Crippen LogP contribution is -2.45. The van der Waals surface area contributed by atoms with Gasteiger partial charge in [-0.1, -0.05) is 36.6 Å². The number of hydrogen-bond acceptors (Lipinski definition) is 3. The summed E-state index contributed by atoms with van der Waals surface area (Å²) in [6, 6.07) is 7.52. The topological polar surface area (TPSA) is 52.7 Å². The number of hydrogen-bond donors (Lipinski definition) is 1. The molecule has 3 rings (SSSR count). The quantitative estimate of drug-likeness (QED) is 0.839. The summed E-state index contributed by atoms with van der Waals surface area (Å²) in [6.45, 7) is 4.36. The Balaban J connectivity index is 1.38. The van der Waals surface area contributed by atoms with E-state index in [1.165, 1.54) is 12.8 Å². The van der Waals surface area contributed by atoms with Crippen LogP contribution in [0.5, 0.6) is 0 Å². The van der Waals surface area contributed by atoms with Crippen LogP contribution in [0.15, 0.2) is 24.3 Å². The molecule has 2 fully saturated rings. The van der Waals surface area contributed by atoms with Gasteiger partial charge >= 0.3 is 0 Å². The molecule has 27 heavy (non-hydrogen) atoms. The Kier molecular flexibility index (Phi) is 7.53. The maximum Gasteiger partial charge on any atom is 0.234 e. The molecule has 2 aliphatic heterocycles. The van der Waals surface area contributed by atoms with E-state index in [2.05, 4.69) is 15.1 Å². The summed E-state index contributed by atoms with van der Waals surface area (Å²) in [5, 5.41) is 3.63. The lowest BCUT2D eigenvalue weighted by Gasteiger charge is -2.33. The summed E-state index contributed by atoms with van der Waals surface area (Å²) >= 11 is 5.97. The van der Waals surface area contributed by atoms with Gasteiger partial charge in [0.2, 0.25) is 11.8 Å². The lowest BCUT2D eigenvalue weighted by molar-refractivity contribution is -0.137. The smallest absolute Gasteiger partial charge is 0.234 e. The minimum atomic E-state index is 0.0206. The average molecular weight is 392 g/mol. The van der Waals surface area contributed by atoms with Crippen molar-refractivity contribution < 1.29 is 9.59 Å². The van der Waals surface area contributed by atoms with Gasteiger partial charge in [0, 0.05) is 30.6 Å². The van der Waals surface area contributed by atoms with Crippen molar-refractivity contribution in [2.45, 2.75) is 45.1 Å². The van der Waals surface area contributed by atoms with E-state index in [9.17, 15) is 9.59 Å². The van der Waals surface area contributed by atoms with Gasteiger partial charge in [-0.25, -0.2) is 0 Å². The lowest BCUT2D eigenvalue weighted by atomic mass is 9.95. The van der Waals surface area contributed by atoms with Crippen molar-refractivity contribution in [1.29, 1.82) is 0 Å². The number of carbonyl (C=O) groups is 2. The number of likely N-dealkylation sites (tertiary alicyclic amines) is 2. The first-order chi connectivity index (χ1) is 13.1. The predicted molar refractivity (Wildman–Crippen MR) is 108 cm³/mol. The van der Waals surface area contributed by atoms with E-state index in [0.29, 0.717) is 24.0 Å². The minimum Gasteiger partial charge on any atom is -0.351 e. The van der Waals surface area contributed by atoms with Crippen LogP contribution in [0, 0.1) is 5.92 Å². The summed E-state index contributed by atoms with van der Waals surface area (Å²) in [7, 11) is 0. The van der Waals surface area contributed by atoms with E-state index >= 15 is 0 Å². The highest BCUT2D eigenvalue weighted by atomic mass is 35.5. The number of benzene rings is 1. The molecule has 0 aliphatic carbocycles. The maximum atomic E-state index is 12.7. The highest BCUT2D eigenvalue weighted by Crippen LogP contribution is 2.21. The van der Waals surface area contributed by atoms with Crippen LogP contribution in [0.2, 0.25) is 5.02 Å². The van der Waals surface area contributed by atoms with Crippen molar-refractivity contribution >= 4 is 23.4 Å². The van der Waals surface area contributed by atoms with Gasteiger partial charge in [-0.2, -0.15) is 0 Å². The van der Waals surface area contributed by atoms with E-state index in [-0.39, 0.29) is 11.8 Å². The molecule has 2 heterocycles. The molecule has 0 spiro atoms. The molecule has 1 N–H and O–H groups in total. The van der Waals surface area contributed by atoms with Crippen LogP contribution in [-0.2, 0) is 16.1 Å². The zero-order chi connectivity index (χ0) is 19.1. The van der Waals surface area contributed by atoms with E-state index in [0.717, 1.165) is 57.4 Å². The van der Waals surface area contributed by atoms with Crippen LogP contribution in [0.4, 0.5) is 0 Å². The van der Waals surface area contributed by atoms with Gasteiger partial charge in [0.25, 0.3) is 0 Å². The molecule has 0 atom stereocenters. The molecular formula is C21H30ClN3O2. The highest BCUT2D eigenvalue weighted by Gasteiger charge is 2.29. The molecule has 148 valence electrons. The Bertz CT molecular complexity index is 636. The molecule has 6 heteroatoms. The van der Waals surface area contributed by atoms with E-state index in [4.69, 9.17) is 11.6 Å². The van der Waals surface area contributed by atoms with E-state index < -0.39 is 0 Å². The molecule has 2 aliphatic rings. The fraction of sp³-hybridized carbons (Fsp3) is 0.619. The van der Waals surface area contributed by atoms with Crippen LogP contribution >= 0.6 is 11.6 Å². The fourth-order valence-electron chi connectivity index (χ4n) is 3.99. The van der Waals surface area contributed by atoms with Crippen LogP contribution in [-0.4, -0.2) is 54.3 Å². The maximum absolute atomic E-state index is 12.7. The zero-order valence-electron chi connectivity index (χ0n) is 16.0. The highest BCUT2D eigenvalue weighted by molar-refractivity contribution is 6.30. The Hall–Kier alpha value is -1.59. The van der Waals surface area contributed by atoms with Crippen molar-refractivity contribution in [3.63, 3.8) is 0 Å². The fourth-order valence-corrected chi connectivity index (χ4v) is 4.21. The Morgan fingerprint density at radius 1 is 1.04 bits per heavy atom. The van der Waals surface area contributed by atoms with Gasteiger partial charge in [0.05, 0.1) is 6.54 Å². The number of amides is 2. The van der Waals surface area contributed by atoms with Crippen molar-refractivity contribution in [2.75, 3.05) is 32.7 Å². The molecular weight excluding hydrogens is 362 g/mol. The number of piperidine rings is 1. The molecule has 2 saturated heterocycles. The summed E-state index contributed by atoms with van der Waals surface area (Å²) in [4.78, 5) is 29.2. The standard InChI is InChI=1S/C21H30ClN3O2/c22-19-7-5-6-17(14-19)15-23-20(26)16-24-12-8-18(9-13-24)21(27)25-10-3-1-2-4-11-25/h5-7,14,18H,1-4,8-13,15-16H2,(H,23,26). The molecule has 0 radical (unpaired) electrons. The molecule has 1 aromatic carbocycles. The van der Waals surface area contributed by atoms with Crippen molar-refractivity contribution in [3.05, 3.63) is 34.9 Å². The van der Waals surface area contributed by atoms with Gasteiger partial charge in [-0.3, -0.25) is 14.5 Å². The number of halogens is 1. The molecule has 1 aromatic rings. The first-order valence-electron chi connectivity index (χ1n) is 10.1. The van der Waals surface area contributed by atoms with Crippen molar-refractivity contribution in [2.24, 2.45) is 5.92 Å². The summed E-state index contributed by atoms with van der Waals surface area (Å²) in [5.74, 6) is 0.489. The zero-order valence-corrected chi connectivity index (χ0v) is 16.7. The monoisotopic (exact) mass is 391 g/mol. The van der Waals surface area contributed by atoms with Gasteiger partial charge in [-0.15, -0.1) is 0 Å².